The number of benzene rings is 1. The van der Waals surface area contributed by atoms with Gasteiger partial charge in [-0.1, -0.05) is 18.2 Å². The number of para-hydroxylation sites is 1. The van der Waals surface area contributed by atoms with Crippen LogP contribution < -0.4 is 0 Å². The lowest BCUT2D eigenvalue weighted by molar-refractivity contribution is -0.401. The minimum atomic E-state index is -0.634. The first kappa shape index (κ1) is 15.5. The van der Waals surface area contributed by atoms with E-state index in [1.54, 1.807) is 25.0 Å². The smallest absolute Gasteiger partial charge is 0.399 e. The molecule has 0 radical (unpaired) electrons. The molecule has 8 nitrogen and oxygen atoms in total. The number of nitro groups is 1. The Bertz CT molecular complexity index is 896. The van der Waals surface area contributed by atoms with Gasteiger partial charge in [0.25, 0.3) is 5.91 Å². The molecule has 3 rings (SSSR count). The van der Waals surface area contributed by atoms with Crippen LogP contribution in [0.25, 0.3) is 17.1 Å². The van der Waals surface area contributed by atoms with Crippen LogP contribution in [0.15, 0.2) is 53.1 Å². The summed E-state index contributed by atoms with van der Waals surface area (Å²) in [7, 11) is 3.24. The fourth-order valence-corrected chi connectivity index (χ4v) is 2.22. The second-order valence-electron chi connectivity index (χ2n) is 5.27. The first-order valence-electron chi connectivity index (χ1n) is 7.08. The van der Waals surface area contributed by atoms with Crippen LogP contribution in [0, 0.1) is 10.1 Å². The lowest BCUT2D eigenvalue weighted by atomic mass is 10.2. The summed E-state index contributed by atoms with van der Waals surface area (Å²) >= 11 is 0. The Morgan fingerprint density at radius 3 is 2.50 bits per heavy atom. The lowest BCUT2D eigenvalue weighted by Crippen LogP contribution is -2.21. The summed E-state index contributed by atoms with van der Waals surface area (Å²) in [6.07, 6.45) is 1.58. The zero-order chi connectivity index (χ0) is 17.3. The standard InChI is InChI=1S/C16H14N4O4/c1-18(2)16(21)12-10-19(11-6-4-3-5-7-11)17-15(12)13-8-9-14(24-13)20(22)23/h3-10H,1-2H3. The van der Waals surface area contributed by atoms with Gasteiger partial charge in [0.15, 0.2) is 5.76 Å². The van der Waals surface area contributed by atoms with Gasteiger partial charge in [0.05, 0.1) is 17.3 Å². The summed E-state index contributed by atoms with van der Waals surface area (Å²) in [6, 6.07) is 11.9. The summed E-state index contributed by atoms with van der Waals surface area (Å²) in [4.78, 5) is 24.0. The summed E-state index contributed by atoms with van der Waals surface area (Å²) < 4.78 is 6.75. The van der Waals surface area contributed by atoms with Crippen molar-refractivity contribution in [1.29, 1.82) is 0 Å². The molecule has 0 unspecified atom stereocenters. The van der Waals surface area contributed by atoms with Gasteiger partial charge in [0, 0.05) is 20.3 Å². The van der Waals surface area contributed by atoms with E-state index in [9.17, 15) is 14.9 Å². The van der Waals surface area contributed by atoms with Crippen LogP contribution in [0.4, 0.5) is 5.88 Å². The van der Waals surface area contributed by atoms with Crippen LogP contribution in [-0.4, -0.2) is 39.6 Å². The molecule has 0 atom stereocenters. The van der Waals surface area contributed by atoms with Gasteiger partial charge in [-0.3, -0.25) is 14.9 Å². The average molecular weight is 326 g/mol. The van der Waals surface area contributed by atoms with Crippen LogP contribution in [0.5, 0.6) is 0 Å². The van der Waals surface area contributed by atoms with Crippen LogP contribution >= 0.6 is 0 Å². The topological polar surface area (TPSA) is 94.4 Å². The molecule has 0 N–H and O–H groups in total. The third-order valence-electron chi connectivity index (χ3n) is 3.38. The highest BCUT2D eigenvalue weighted by molar-refractivity contribution is 5.99. The molecular formula is C16H14N4O4. The van der Waals surface area contributed by atoms with Crippen LogP contribution in [0.3, 0.4) is 0 Å². The highest BCUT2D eigenvalue weighted by Gasteiger charge is 2.24. The minimum absolute atomic E-state index is 0.168. The molecule has 0 aliphatic rings. The molecule has 0 saturated heterocycles. The third kappa shape index (κ3) is 2.76. The maximum Gasteiger partial charge on any atom is 0.433 e. The second-order valence-corrected chi connectivity index (χ2v) is 5.27. The van der Waals surface area contributed by atoms with E-state index >= 15 is 0 Å². The van der Waals surface area contributed by atoms with Crippen molar-refractivity contribution in [3.8, 4) is 17.1 Å². The maximum absolute atomic E-state index is 12.4. The molecule has 8 heteroatoms. The molecule has 0 aliphatic heterocycles. The Morgan fingerprint density at radius 1 is 1.21 bits per heavy atom. The van der Waals surface area contributed by atoms with Crippen LogP contribution in [0.2, 0.25) is 0 Å². The number of aromatic nitrogens is 2. The van der Waals surface area contributed by atoms with Crippen molar-refractivity contribution in [3.05, 3.63) is 64.3 Å². The average Bonchev–Trinajstić information content (AvgIpc) is 3.21. The summed E-state index contributed by atoms with van der Waals surface area (Å²) in [6.45, 7) is 0. The number of rotatable bonds is 4. The van der Waals surface area contributed by atoms with Crippen LogP contribution in [0.1, 0.15) is 10.4 Å². The fraction of sp³-hybridized carbons (Fsp3) is 0.125. The highest BCUT2D eigenvalue weighted by Crippen LogP contribution is 2.29. The molecule has 0 fully saturated rings. The predicted octanol–water partition coefficient (Wildman–Crippen LogP) is 2.74. The number of amides is 1. The Balaban J connectivity index is 2.13. The van der Waals surface area contributed by atoms with Gasteiger partial charge in [-0.15, -0.1) is 0 Å². The molecule has 1 aromatic carbocycles. The Kier molecular flexibility index (Phi) is 3.87. The third-order valence-corrected chi connectivity index (χ3v) is 3.38. The molecule has 0 spiro atoms. The molecule has 24 heavy (non-hydrogen) atoms. The van der Waals surface area contributed by atoms with Crippen molar-refractivity contribution in [1.82, 2.24) is 14.7 Å². The summed E-state index contributed by atoms with van der Waals surface area (Å²) in [5, 5.41) is 15.2. The molecule has 2 aromatic heterocycles. The van der Waals surface area contributed by atoms with E-state index in [-0.39, 0.29) is 17.4 Å². The molecule has 0 bridgehead atoms. The number of carbonyl (C=O) groups excluding carboxylic acids is 1. The second kappa shape index (κ2) is 5.99. The van der Waals surface area contributed by atoms with Crippen molar-refractivity contribution in [3.63, 3.8) is 0 Å². The quantitative estimate of drug-likeness (QED) is 0.543. The largest absolute Gasteiger partial charge is 0.433 e. The van der Waals surface area contributed by atoms with Gasteiger partial charge in [-0.25, -0.2) is 4.68 Å². The van der Waals surface area contributed by atoms with Gasteiger partial charge >= 0.3 is 5.88 Å². The molecule has 2 heterocycles. The van der Waals surface area contributed by atoms with E-state index in [2.05, 4.69) is 5.10 Å². The number of furan rings is 1. The number of carbonyl (C=O) groups is 1. The fourth-order valence-electron chi connectivity index (χ4n) is 2.22. The number of nitrogens with zero attached hydrogens (tertiary/aromatic N) is 4. The van der Waals surface area contributed by atoms with Gasteiger partial charge < -0.3 is 9.32 Å². The van der Waals surface area contributed by atoms with E-state index in [0.29, 0.717) is 5.56 Å². The van der Waals surface area contributed by atoms with Crippen molar-refractivity contribution in [2.24, 2.45) is 0 Å². The minimum Gasteiger partial charge on any atom is -0.399 e. The lowest BCUT2D eigenvalue weighted by Gasteiger charge is -2.08. The molecular weight excluding hydrogens is 312 g/mol. The van der Waals surface area contributed by atoms with E-state index in [1.807, 2.05) is 30.3 Å². The SMILES string of the molecule is CN(C)C(=O)c1cn(-c2ccccc2)nc1-c1ccc([N+](=O)[O-])o1. The zero-order valence-corrected chi connectivity index (χ0v) is 13.0. The molecule has 3 aromatic rings. The zero-order valence-electron chi connectivity index (χ0n) is 13.0. The van der Waals surface area contributed by atoms with Gasteiger partial charge in [-0.2, -0.15) is 5.10 Å². The Labute approximate surface area is 137 Å². The normalized spacial score (nSPS) is 10.6. The van der Waals surface area contributed by atoms with E-state index in [4.69, 9.17) is 4.42 Å². The first-order chi connectivity index (χ1) is 11.5. The van der Waals surface area contributed by atoms with Crippen molar-refractivity contribution >= 4 is 11.8 Å². The molecule has 0 aliphatic carbocycles. The number of hydrogen-bond acceptors (Lipinski definition) is 5. The van der Waals surface area contributed by atoms with Crippen molar-refractivity contribution in [2.45, 2.75) is 0 Å². The Morgan fingerprint density at radius 2 is 1.92 bits per heavy atom. The van der Waals surface area contributed by atoms with E-state index in [0.717, 1.165) is 5.69 Å². The predicted molar refractivity (Wildman–Crippen MR) is 85.9 cm³/mol. The van der Waals surface area contributed by atoms with Gasteiger partial charge in [0.1, 0.15) is 10.6 Å². The van der Waals surface area contributed by atoms with E-state index < -0.39 is 10.8 Å². The summed E-state index contributed by atoms with van der Waals surface area (Å²) in [5.41, 5.74) is 1.32. The Hall–Kier alpha value is -3.42. The van der Waals surface area contributed by atoms with E-state index in [1.165, 1.54) is 17.0 Å². The summed E-state index contributed by atoms with van der Waals surface area (Å²) in [5.74, 6) is -0.504. The van der Waals surface area contributed by atoms with Gasteiger partial charge in [0.2, 0.25) is 0 Å². The van der Waals surface area contributed by atoms with Crippen molar-refractivity contribution < 1.29 is 14.1 Å². The van der Waals surface area contributed by atoms with Crippen LogP contribution in [-0.2, 0) is 0 Å². The molecule has 0 saturated carbocycles. The molecule has 1 amide bonds. The number of hydrogen-bond donors (Lipinski definition) is 0. The monoisotopic (exact) mass is 326 g/mol. The van der Waals surface area contributed by atoms with Crippen molar-refractivity contribution in [2.75, 3.05) is 14.1 Å². The van der Waals surface area contributed by atoms with Gasteiger partial charge in [-0.05, 0) is 18.2 Å². The maximum atomic E-state index is 12.4. The highest BCUT2D eigenvalue weighted by atomic mass is 16.6. The molecule has 122 valence electrons. The first-order valence-corrected chi connectivity index (χ1v) is 7.08.